The molecule has 3 nitrogen and oxygen atoms in total. The third kappa shape index (κ3) is 2.94. The minimum atomic E-state index is 0.714. The highest BCUT2D eigenvalue weighted by molar-refractivity contribution is 5.07. The van der Waals surface area contributed by atoms with E-state index in [0.717, 1.165) is 25.2 Å². The summed E-state index contributed by atoms with van der Waals surface area (Å²) in [5, 5.41) is 3.82. The average Bonchev–Trinajstić information content (AvgIpc) is 2.85. The van der Waals surface area contributed by atoms with Gasteiger partial charge in [-0.05, 0) is 51.3 Å². The molecule has 3 heterocycles. The van der Waals surface area contributed by atoms with Crippen molar-refractivity contribution in [2.45, 2.75) is 76.7 Å². The second kappa shape index (κ2) is 6.31. The molecule has 0 amide bonds. The molecule has 0 radical (unpaired) electrons. The molecule has 0 aromatic carbocycles. The van der Waals surface area contributed by atoms with Crippen LogP contribution in [0.2, 0.25) is 0 Å². The smallest absolute Gasteiger partial charge is 0.0361 e. The van der Waals surface area contributed by atoms with Crippen LogP contribution in [0.15, 0.2) is 18.3 Å². The molecule has 2 aliphatic heterocycles. The Morgan fingerprint density at radius 3 is 2.70 bits per heavy atom. The van der Waals surface area contributed by atoms with Crippen LogP contribution in [-0.4, -0.2) is 34.6 Å². The summed E-state index contributed by atoms with van der Waals surface area (Å²) in [7, 11) is 2.33. The predicted octanol–water partition coefficient (Wildman–Crippen LogP) is 3.00. The lowest BCUT2D eigenvalue weighted by molar-refractivity contribution is 0.0481. The molecule has 2 bridgehead atoms. The molecule has 0 aliphatic carbocycles. The summed E-state index contributed by atoms with van der Waals surface area (Å²) in [4.78, 5) is 2.64. The summed E-state index contributed by atoms with van der Waals surface area (Å²) in [6.45, 7) is 4.42. The van der Waals surface area contributed by atoms with Gasteiger partial charge < -0.3 is 14.8 Å². The van der Waals surface area contributed by atoms with E-state index in [4.69, 9.17) is 0 Å². The lowest BCUT2D eigenvalue weighted by Crippen LogP contribution is -2.54. The van der Waals surface area contributed by atoms with Crippen LogP contribution in [0.1, 0.15) is 51.1 Å². The number of aromatic nitrogens is 1. The Morgan fingerprint density at radius 1 is 1.25 bits per heavy atom. The van der Waals surface area contributed by atoms with Crippen LogP contribution in [0.5, 0.6) is 0 Å². The van der Waals surface area contributed by atoms with E-state index in [2.05, 4.69) is 47.1 Å². The standard InChI is InChI=1S/C17H29N3/c1-3-9-20-10-5-8-17(20)13-18-14-11-15-6-4-7-16(12-14)19(15)2/h5,8,10,14-16,18H,3-4,6-7,9,11-13H2,1-2H3. The van der Waals surface area contributed by atoms with E-state index in [9.17, 15) is 0 Å². The monoisotopic (exact) mass is 275 g/mol. The molecular weight excluding hydrogens is 246 g/mol. The quantitative estimate of drug-likeness (QED) is 0.891. The summed E-state index contributed by atoms with van der Waals surface area (Å²) >= 11 is 0. The molecule has 2 atom stereocenters. The van der Waals surface area contributed by atoms with Crippen LogP contribution in [0, 0.1) is 0 Å². The van der Waals surface area contributed by atoms with Crippen molar-refractivity contribution in [3.8, 4) is 0 Å². The normalized spacial score (nSPS) is 30.6. The van der Waals surface area contributed by atoms with Crippen molar-refractivity contribution in [2.75, 3.05) is 7.05 Å². The van der Waals surface area contributed by atoms with Gasteiger partial charge in [-0.3, -0.25) is 0 Å². The van der Waals surface area contributed by atoms with Gasteiger partial charge in [-0.15, -0.1) is 0 Å². The molecule has 112 valence electrons. The summed E-state index contributed by atoms with van der Waals surface area (Å²) in [6.07, 6.45) is 10.3. The minimum Gasteiger partial charge on any atom is -0.350 e. The van der Waals surface area contributed by atoms with E-state index in [0.29, 0.717) is 6.04 Å². The third-order valence-corrected chi connectivity index (χ3v) is 5.30. The zero-order valence-electron chi connectivity index (χ0n) is 13.0. The van der Waals surface area contributed by atoms with E-state index >= 15 is 0 Å². The summed E-state index contributed by atoms with van der Waals surface area (Å²) in [5.41, 5.74) is 1.44. The molecule has 20 heavy (non-hydrogen) atoms. The summed E-state index contributed by atoms with van der Waals surface area (Å²) in [5.74, 6) is 0. The number of fused-ring (bicyclic) bond motifs is 2. The second-order valence-electron chi connectivity index (χ2n) is 6.65. The van der Waals surface area contributed by atoms with Crippen LogP contribution in [0.3, 0.4) is 0 Å². The van der Waals surface area contributed by atoms with Crippen molar-refractivity contribution < 1.29 is 0 Å². The van der Waals surface area contributed by atoms with E-state index in [-0.39, 0.29) is 0 Å². The number of hydrogen-bond acceptors (Lipinski definition) is 2. The molecule has 0 spiro atoms. The van der Waals surface area contributed by atoms with E-state index in [1.165, 1.54) is 44.2 Å². The Kier molecular flexibility index (Phi) is 4.47. The maximum Gasteiger partial charge on any atom is 0.0361 e. The van der Waals surface area contributed by atoms with E-state index < -0.39 is 0 Å². The number of aryl methyl sites for hydroxylation is 1. The second-order valence-corrected chi connectivity index (χ2v) is 6.65. The Morgan fingerprint density at radius 2 is 2.00 bits per heavy atom. The SMILES string of the molecule is CCCn1cccc1CNC1CC2CCCC(C1)N2C. The van der Waals surface area contributed by atoms with Gasteiger partial charge in [-0.25, -0.2) is 0 Å². The Labute approximate surface area is 123 Å². The number of nitrogens with one attached hydrogen (secondary N) is 1. The summed E-state index contributed by atoms with van der Waals surface area (Å²) < 4.78 is 2.39. The Balaban J connectivity index is 1.55. The highest BCUT2D eigenvalue weighted by Gasteiger charge is 2.35. The molecule has 1 aromatic heterocycles. The van der Waals surface area contributed by atoms with Crippen molar-refractivity contribution in [1.82, 2.24) is 14.8 Å². The average molecular weight is 275 g/mol. The van der Waals surface area contributed by atoms with Crippen molar-refractivity contribution in [1.29, 1.82) is 0 Å². The van der Waals surface area contributed by atoms with Crippen LogP contribution >= 0.6 is 0 Å². The van der Waals surface area contributed by atoms with Gasteiger partial charge in [-0.2, -0.15) is 0 Å². The van der Waals surface area contributed by atoms with Gasteiger partial charge in [0.1, 0.15) is 0 Å². The molecule has 0 saturated carbocycles. The zero-order valence-corrected chi connectivity index (χ0v) is 13.0. The molecule has 3 heteroatoms. The molecule has 2 saturated heterocycles. The molecule has 3 rings (SSSR count). The van der Waals surface area contributed by atoms with Gasteiger partial charge in [0.05, 0.1) is 0 Å². The Bertz CT molecular complexity index is 412. The van der Waals surface area contributed by atoms with Gasteiger partial charge >= 0.3 is 0 Å². The molecular formula is C17H29N3. The number of nitrogens with zero attached hydrogens (tertiary/aromatic N) is 2. The van der Waals surface area contributed by atoms with Crippen molar-refractivity contribution >= 4 is 0 Å². The fourth-order valence-electron chi connectivity index (χ4n) is 4.10. The van der Waals surface area contributed by atoms with Crippen molar-refractivity contribution in [3.05, 3.63) is 24.0 Å². The minimum absolute atomic E-state index is 0.714. The lowest BCUT2D eigenvalue weighted by atomic mass is 9.82. The topological polar surface area (TPSA) is 20.2 Å². The molecule has 1 aromatic rings. The first-order chi connectivity index (χ1) is 9.78. The highest BCUT2D eigenvalue weighted by Crippen LogP contribution is 2.32. The first kappa shape index (κ1) is 14.2. The van der Waals surface area contributed by atoms with Gasteiger partial charge in [0, 0.05) is 43.1 Å². The first-order valence-electron chi connectivity index (χ1n) is 8.37. The number of hydrogen-bond donors (Lipinski definition) is 1. The van der Waals surface area contributed by atoms with Crippen molar-refractivity contribution in [3.63, 3.8) is 0 Å². The molecule has 2 unspecified atom stereocenters. The largest absolute Gasteiger partial charge is 0.350 e. The van der Waals surface area contributed by atoms with Gasteiger partial charge in [-0.1, -0.05) is 13.3 Å². The zero-order chi connectivity index (χ0) is 13.9. The summed E-state index contributed by atoms with van der Waals surface area (Å²) in [6, 6.07) is 6.80. The first-order valence-corrected chi connectivity index (χ1v) is 8.37. The fourth-order valence-corrected chi connectivity index (χ4v) is 4.10. The lowest BCUT2D eigenvalue weighted by Gasteiger charge is -2.47. The van der Waals surface area contributed by atoms with Crippen LogP contribution in [-0.2, 0) is 13.1 Å². The molecule has 2 aliphatic rings. The third-order valence-electron chi connectivity index (χ3n) is 5.30. The van der Waals surface area contributed by atoms with Crippen LogP contribution in [0.25, 0.3) is 0 Å². The Hall–Kier alpha value is -0.800. The highest BCUT2D eigenvalue weighted by atomic mass is 15.2. The fraction of sp³-hybridized carbons (Fsp3) is 0.765. The van der Waals surface area contributed by atoms with Crippen LogP contribution < -0.4 is 5.32 Å². The maximum absolute atomic E-state index is 3.82. The van der Waals surface area contributed by atoms with Gasteiger partial charge in [0.25, 0.3) is 0 Å². The van der Waals surface area contributed by atoms with E-state index in [1.807, 2.05) is 0 Å². The van der Waals surface area contributed by atoms with Crippen molar-refractivity contribution in [2.24, 2.45) is 0 Å². The van der Waals surface area contributed by atoms with E-state index in [1.54, 1.807) is 0 Å². The molecule has 2 fully saturated rings. The van der Waals surface area contributed by atoms with Crippen LogP contribution in [0.4, 0.5) is 0 Å². The number of rotatable bonds is 5. The van der Waals surface area contributed by atoms with Gasteiger partial charge in [0.15, 0.2) is 0 Å². The van der Waals surface area contributed by atoms with Gasteiger partial charge in [0.2, 0.25) is 0 Å². The predicted molar refractivity (Wildman–Crippen MR) is 83.8 cm³/mol. The number of piperidine rings is 2. The maximum atomic E-state index is 3.82. The molecule has 1 N–H and O–H groups in total.